The van der Waals surface area contributed by atoms with Gasteiger partial charge in [-0.3, -0.25) is 9.59 Å². The van der Waals surface area contributed by atoms with Crippen molar-refractivity contribution >= 4 is 35.0 Å². The van der Waals surface area contributed by atoms with Crippen LogP contribution in [0.2, 0.25) is 10.0 Å². The van der Waals surface area contributed by atoms with Crippen LogP contribution in [-0.4, -0.2) is 46.3 Å². The summed E-state index contributed by atoms with van der Waals surface area (Å²) in [6, 6.07) is 3.20. The summed E-state index contributed by atoms with van der Waals surface area (Å²) < 4.78 is 0. The molecule has 0 bridgehead atoms. The van der Waals surface area contributed by atoms with Crippen LogP contribution >= 0.6 is 23.2 Å². The minimum Gasteiger partial charge on any atom is -0.356 e. The number of likely N-dealkylation sites (tertiary alicyclic amines) is 1. The molecule has 2 aromatic rings. The van der Waals surface area contributed by atoms with Crippen LogP contribution in [0, 0.1) is 5.92 Å². The van der Waals surface area contributed by atoms with Crippen LogP contribution in [0.4, 0.5) is 0 Å². The Kier molecular flexibility index (Phi) is 4.63. The second kappa shape index (κ2) is 6.68. The predicted molar refractivity (Wildman–Crippen MR) is 87.9 cm³/mol. The highest BCUT2D eigenvalue weighted by molar-refractivity contribution is 6.31. The van der Waals surface area contributed by atoms with Gasteiger partial charge >= 0.3 is 0 Å². The fourth-order valence-corrected chi connectivity index (χ4v) is 3.00. The van der Waals surface area contributed by atoms with Gasteiger partial charge < -0.3 is 20.2 Å². The minimum atomic E-state index is -0.196. The van der Waals surface area contributed by atoms with Crippen LogP contribution in [0.3, 0.4) is 0 Å². The molecule has 2 aromatic heterocycles. The number of nitrogens with zero attached hydrogens (tertiary/aromatic N) is 1. The molecule has 122 valence electrons. The van der Waals surface area contributed by atoms with Crippen molar-refractivity contribution in [3.8, 4) is 0 Å². The van der Waals surface area contributed by atoms with E-state index in [1.807, 2.05) is 0 Å². The van der Waals surface area contributed by atoms with Gasteiger partial charge in [0.1, 0.15) is 11.4 Å². The topological polar surface area (TPSA) is 81.0 Å². The van der Waals surface area contributed by atoms with Gasteiger partial charge in [-0.2, -0.15) is 0 Å². The first kappa shape index (κ1) is 16.0. The molecule has 2 amide bonds. The van der Waals surface area contributed by atoms with E-state index >= 15 is 0 Å². The third kappa shape index (κ3) is 3.71. The number of carbonyl (C=O) groups is 2. The van der Waals surface area contributed by atoms with Gasteiger partial charge in [-0.15, -0.1) is 0 Å². The van der Waals surface area contributed by atoms with Crippen LogP contribution < -0.4 is 5.32 Å². The first-order valence-corrected chi connectivity index (χ1v) is 8.04. The van der Waals surface area contributed by atoms with Crippen molar-refractivity contribution in [3.05, 3.63) is 46.0 Å². The Bertz CT molecular complexity index is 725. The molecule has 3 N–H and O–H groups in total. The molecular formula is C15H16Cl2N4O2. The smallest absolute Gasteiger partial charge is 0.270 e. The van der Waals surface area contributed by atoms with Gasteiger partial charge in [0.05, 0.1) is 10.0 Å². The largest absolute Gasteiger partial charge is 0.356 e. The number of aromatic amines is 2. The van der Waals surface area contributed by atoms with E-state index in [9.17, 15) is 9.59 Å². The van der Waals surface area contributed by atoms with Crippen molar-refractivity contribution in [2.75, 3.05) is 19.6 Å². The van der Waals surface area contributed by atoms with Gasteiger partial charge in [0.2, 0.25) is 0 Å². The Morgan fingerprint density at radius 3 is 2.43 bits per heavy atom. The molecule has 0 unspecified atom stereocenters. The van der Waals surface area contributed by atoms with Crippen molar-refractivity contribution in [3.63, 3.8) is 0 Å². The van der Waals surface area contributed by atoms with Crippen molar-refractivity contribution in [2.24, 2.45) is 5.92 Å². The normalized spacial score (nSPS) is 17.5. The first-order valence-electron chi connectivity index (χ1n) is 7.28. The number of aromatic nitrogens is 2. The lowest BCUT2D eigenvalue weighted by Crippen LogP contribution is -2.33. The number of amides is 2. The Labute approximate surface area is 143 Å². The number of halogens is 2. The second-order valence-corrected chi connectivity index (χ2v) is 6.45. The van der Waals surface area contributed by atoms with Gasteiger partial charge in [-0.05, 0) is 24.5 Å². The Hall–Kier alpha value is -1.92. The molecule has 1 saturated heterocycles. The predicted octanol–water partition coefficient (Wildman–Crippen LogP) is 2.54. The summed E-state index contributed by atoms with van der Waals surface area (Å²) >= 11 is 11.6. The number of H-pyrrole nitrogens is 2. The standard InChI is InChI=1S/C15H16Cl2N4O2/c16-10-3-12(18-6-10)14(22)20-5-9-1-2-21(8-9)15(23)13-4-11(17)7-19-13/h3-4,6-7,9,18-19H,1-2,5,8H2,(H,20,22)/t9-/m1/s1. The van der Waals surface area contributed by atoms with Crippen LogP contribution in [0.15, 0.2) is 24.5 Å². The summed E-state index contributed by atoms with van der Waals surface area (Å²) in [4.78, 5) is 31.7. The summed E-state index contributed by atoms with van der Waals surface area (Å²) in [6.45, 7) is 1.80. The maximum absolute atomic E-state index is 12.3. The molecule has 1 aliphatic rings. The second-order valence-electron chi connectivity index (χ2n) is 5.58. The fraction of sp³-hybridized carbons (Fsp3) is 0.333. The molecule has 1 fully saturated rings. The van der Waals surface area contributed by atoms with Crippen LogP contribution in [-0.2, 0) is 0 Å². The summed E-state index contributed by atoms with van der Waals surface area (Å²) in [6.07, 6.45) is 4.00. The Morgan fingerprint density at radius 2 is 1.83 bits per heavy atom. The molecular weight excluding hydrogens is 339 g/mol. The quantitative estimate of drug-likeness (QED) is 0.788. The SMILES string of the molecule is O=C(NC[C@H]1CCN(C(=O)c2cc(Cl)c[nH]2)C1)c1cc(Cl)c[nH]1. The monoisotopic (exact) mass is 354 g/mol. The van der Waals surface area contributed by atoms with Crippen LogP contribution in [0.1, 0.15) is 27.4 Å². The molecule has 1 aliphatic heterocycles. The number of rotatable bonds is 4. The Morgan fingerprint density at radius 1 is 1.17 bits per heavy atom. The lowest BCUT2D eigenvalue weighted by molar-refractivity contribution is 0.0782. The molecule has 23 heavy (non-hydrogen) atoms. The Balaban J connectivity index is 1.50. The van der Waals surface area contributed by atoms with E-state index < -0.39 is 0 Å². The number of nitrogens with one attached hydrogen (secondary N) is 3. The van der Waals surface area contributed by atoms with Gasteiger partial charge in [-0.25, -0.2) is 0 Å². The average molecular weight is 355 g/mol. The minimum absolute atomic E-state index is 0.0677. The number of hydrogen-bond acceptors (Lipinski definition) is 2. The van der Waals surface area contributed by atoms with Crippen molar-refractivity contribution in [1.82, 2.24) is 20.2 Å². The summed E-state index contributed by atoms with van der Waals surface area (Å²) in [7, 11) is 0. The maximum atomic E-state index is 12.3. The molecule has 0 saturated carbocycles. The molecule has 0 aliphatic carbocycles. The lowest BCUT2D eigenvalue weighted by Gasteiger charge is -2.16. The van der Waals surface area contributed by atoms with Crippen molar-refractivity contribution in [2.45, 2.75) is 6.42 Å². The first-order chi connectivity index (χ1) is 11.0. The van der Waals surface area contributed by atoms with Crippen molar-refractivity contribution in [1.29, 1.82) is 0 Å². The van der Waals surface area contributed by atoms with Gasteiger partial charge in [0.15, 0.2) is 0 Å². The highest BCUT2D eigenvalue weighted by atomic mass is 35.5. The molecule has 3 rings (SSSR count). The molecule has 3 heterocycles. The van der Waals surface area contributed by atoms with E-state index in [1.54, 1.807) is 29.4 Å². The summed E-state index contributed by atoms with van der Waals surface area (Å²) in [5.41, 5.74) is 0.919. The zero-order valence-corrected chi connectivity index (χ0v) is 13.7. The number of hydrogen-bond donors (Lipinski definition) is 3. The van der Waals surface area contributed by atoms with E-state index in [0.29, 0.717) is 41.1 Å². The van der Waals surface area contributed by atoms with Gasteiger partial charge in [-0.1, -0.05) is 23.2 Å². The van der Waals surface area contributed by atoms with E-state index in [0.717, 1.165) is 6.42 Å². The highest BCUT2D eigenvalue weighted by Crippen LogP contribution is 2.19. The van der Waals surface area contributed by atoms with Crippen molar-refractivity contribution < 1.29 is 9.59 Å². The third-order valence-corrected chi connectivity index (χ3v) is 4.33. The van der Waals surface area contributed by atoms with Gasteiger partial charge in [0, 0.05) is 32.0 Å². The molecule has 0 radical (unpaired) electrons. The van der Waals surface area contributed by atoms with E-state index in [4.69, 9.17) is 23.2 Å². The van der Waals surface area contributed by atoms with Gasteiger partial charge in [0.25, 0.3) is 11.8 Å². The van der Waals surface area contributed by atoms with E-state index in [1.165, 1.54) is 0 Å². The molecule has 0 spiro atoms. The van der Waals surface area contributed by atoms with Crippen LogP contribution in [0.25, 0.3) is 0 Å². The van der Waals surface area contributed by atoms with E-state index in [2.05, 4.69) is 15.3 Å². The zero-order chi connectivity index (χ0) is 16.4. The molecule has 1 atom stereocenters. The summed E-state index contributed by atoms with van der Waals surface area (Å²) in [5.74, 6) is -0.0292. The molecule has 6 nitrogen and oxygen atoms in total. The molecule has 8 heteroatoms. The lowest BCUT2D eigenvalue weighted by atomic mass is 10.1. The summed E-state index contributed by atoms with van der Waals surface area (Å²) in [5, 5.41) is 3.87. The average Bonchev–Trinajstić information content (AvgIpc) is 3.25. The maximum Gasteiger partial charge on any atom is 0.270 e. The highest BCUT2D eigenvalue weighted by Gasteiger charge is 2.28. The fourth-order valence-electron chi connectivity index (χ4n) is 2.68. The van der Waals surface area contributed by atoms with E-state index in [-0.39, 0.29) is 17.7 Å². The van der Waals surface area contributed by atoms with Crippen LogP contribution in [0.5, 0.6) is 0 Å². The third-order valence-electron chi connectivity index (χ3n) is 3.89. The number of carbonyl (C=O) groups excluding carboxylic acids is 2. The molecule has 0 aromatic carbocycles. The zero-order valence-electron chi connectivity index (χ0n) is 12.2.